The molecule has 0 radical (unpaired) electrons. The smallest absolute Gasteiger partial charge is 0.253 e. The van der Waals surface area contributed by atoms with Crippen LogP contribution in [0.3, 0.4) is 0 Å². The summed E-state index contributed by atoms with van der Waals surface area (Å²) in [4.78, 5) is 23.2. The molecule has 0 N–H and O–H groups in total. The molecular formula is C21H23N5O4S. The van der Waals surface area contributed by atoms with E-state index in [1.165, 1.54) is 17.0 Å². The van der Waals surface area contributed by atoms with Gasteiger partial charge in [0.15, 0.2) is 9.84 Å². The second kappa shape index (κ2) is 8.46. The number of hydrogen-bond acceptors (Lipinski definition) is 7. The van der Waals surface area contributed by atoms with Gasteiger partial charge in [0.2, 0.25) is 0 Å². The van der Waals surface area contributed by atoms with Gasteiger partial charge in [-0.05, 0) is 37.1 Å². The van der Waals surface area contributed by atoms with Crippen molar-refractivity contribution < 1.29 is 17.9 Å². The van der Waals surface area contributed by atoms with Crippen LogP contribution in [0.5, 0.6) is 5.75 Å². The summed E-state index contributed by atoms with van der Waals surface area (Å²) in [5, 5.41) is 4.18. The van der Waals surface area contributed by atoms with Crippen molar-refractivity contribution in [3.05, 3.63) is 60.7 Å². The average Bonchev–Trinajstić information content (AvgIpc) is 3.25. The predicted octanol–water partition coefficient (Wildman–Crippen LogP) is 2.11. The normalized spacial score (nSPS) is 16.9. The summed E-state index contributed by atoms with van der Waals surface area (Å²) in [7, 11) is -3.53. The van der Waals surface area contributed by atoms with Crippen molar-refractivity contribution in [3.8, 4) is 5.75 Å². The number of aromatic nitrogens is 4. The number of piperidine rings is 1. The Labute approximate surface area is 180 Å². The number of hydrogen-bond donors (Lipinski definition) is 0. The molecule has 1 aromatic carbocycles. The summed E-state index contributed by atoms with van der Waals surface area (Å²) in [6.07, 6.45) is 6.97. The van der Waals surface area contributed by atoms with Crippen LogP contribution in [0.4, 0.5) is 0 Å². The SMILES string of the molecule is C=CCOc1ccc(C(=O)N2CCC[C@@H](c3c(S(C)(=O)=O)cnc4ncnn34)C2)cc1. The van der Waals surface area contributed by atoms with E-state index in [1.807, 2.05) is 0 Å². The molecule has 1 aliphatic rings. The molecule has 0 aliphatic carbocycles. The van der Waals surface area contributed by atoms with Crippen LogP contribution in [0.2, 0.25) is 0 Å². The van der Waals surface area contributed by atoms with E-state index in [0.717, 1.165) is 19.1 Å². The van der Waals surface area contributed by atoms with Crippen molar-refractivity contribution >= 4 is 21.5 Å². The largest absolute Gasteiger partial charge is 0.490 e. The van der Waals surface area contributed by atoms with Crippen LogP contribution in [-0.2, 0) is 9.84 Å². The van der Waals surface area contributed by atoms with Gasteiger partial charge in [-0.15, -0.1) is 0 Å². The first-order chi connectivity index (χ1) is 14.9. The van der Waals surface area contributed by atoms with Gasteiger partial charge in [0.25, 0.3) is 11.7 Å². The van der Waals surface area contributed by atoms with Gasteiger partial charge in [-0.3, -0.25) is 4.79 Å². The third-order valence-corrected chi connectivity index (χ3v) is 6.39. The minimum absolute atomic E-state index is 0.107. The molecule has 2 aromatic heterocycles. The van der Waals surface area contributed by atoms with Gasteiger partial charge in [0, 0.05) is 30.8 Å². The zero-order valence-electron chi connectivity index (χ0n) is 17.1. The number of nitrogens with zero attached hydrogens (tertiary/aromatic N) is 5. The van der Waals surface area contributed by atoms with E-state index in [4.69, 9.17) is 4.74 Å². The van der Waals surface area contributed by atoms with Gasteiger partial charge in [-0.2, -0.15) is 14.6 Å². The van der Waals surface area contributed by atoms with E-state index < -0.39 is 9.84 Å². The maximum absolute atomic E-state index is 13.1. The lowest BCUT2D eigenvalue weighted by molar-refractivity contribution is 0.0704. The molecule has 9 nitrogen and oxygen atoms in total. The van der Waals surface area contributed by atoms with Crippen molar-refractivity contribution in [1.82, 2.24) is 24.5 Å². The Kier molecular flexibility index (Phi) is 5.73. The molecule has 1 saturated heterocycles. The number of ether oxygens (including phenoxy) is 1. The first-order valence-corrected chi connectivity index (χ1v) is 11.8. The van der Waals surface area contributed by atoms with E-state index in [2.05, 4.69) is 21.6 Å². The second-order valence-corrected chi connectivity index (χ2v) is 9.45. The van der Waals surface area contributed by atoms with Gasteiger partial charge < -0.3 is 9.64 Å². The van der Waals surface area contributed by atoms with Crippen LogP contribution >= 0.6 is 0 Å². The van der Waals surface area contributed by atoms with E-state index in [-0.39, 0.29) is 16.7 Å². The van der Waals surface area contributed by atoms with Gasteiger partial charge >= 0.3 is 0 Å². The Hall–Kier alpha value is -3.27. The summed E-state index contributed by atoms with van der Waals surface area (Å²) in [6, 6.07) is 6.96. The van der Waals surface area contributed by atoms with Gasteiger partial charge in [-0.1, -0.05) is 12.7 Å². The number of carbonyl (C=O) groups excluding carboxylic acids is 1. The monoisotopic (exact) mass is 441 g/mol. The molecule has 1 aliphatic heterocycles. The van der Waals surface area contributed by atoms with Gasteiger partial charge in [0.1, 0.15) is 23.6 Å². The van der Waals surface area contributed by atoms with Gasteiger partial charge in [-0.25, -0.2) is 13.4 Å². The Balaban J connectivity index is 1.61. The molecule has 0 unspecified atom stereocenters. The van der Waals surface area contributed by atoms with Crippen molar-refractivity contribution in [2.45, 2.75) is 23.7 Å². The molecule has 3 heterocycles. The van der Waals surface area contributed by atoms with Crippen molar-refractivity contribution in [2.24, 2.45) is 0 Å². The van der Waals surface area contributed by atoms with Crippen LogP contribution in [0.15, 0.2) is 54.3 Å². The van der Waals surface area contributed by atoms with E-state index in [0.29, 0.717) is 42.5 Å². The number of carbonyl (C=O) groups is 1. The van der Waals surface area contributed by atoms with E-state index in [9.17, 15) is 13.2 Å². The number of sulfone groups is 1. The van der Waals surface area contributed by atoms with Crippen LogP contribution < -0.4 is 4.74 Å². The molecule has 4 rings (SSSR count). The van der Waals surface area contributed by atoms with Crippen molar-refractivity contribution in [1.29, 1.82) is 0 Å². The summed E-state index contributed by atoms with van der Waals surface area (Å²) in [5.74, 6) is 0.687. The predicted molar refractivity (Wildman–Crippen MR) is 114 cm³/mol. The fourth-order valence-corrected chi connectivity index (χ4v) is 4.73. The highest BCUT2D eigenvalue weighted by Crippen LogP contribution is 2.32. The number of likely N-dealkylation sites (tertiary alicyclic amines) is 1. The number of benzene rings is 1. The molecule has 1 atom stereocenters. The Morgan fingerprint density at radius 2 is 2.06 bits per heavy atom. The zero-order valence-corrected chi connectivity index (χ0v) is 18.0. The highest BCUT2D eigenvalue weighted by molar-refractivity contribution is 7.90. The minimum Gasteiger partial charge on any atom is -0.490 e. The topological polar surface area (TPSA) is 107 Å². The summed E-state index contributed by atoms with van der Waals surface area (Å²) >= 11 is 0. The first-order valence-electron chi connectivity index (χ1n) is 9.90. The van der Waals surface area contributed by atoms with Crippen LogP contribution in [-0.4, -0.2) is 64.8 Å². The zero-order chi connectivity index (χ0) is 22.0. The molecule has 0 bridgehead atoms. The quantitative estimate of drug-likeness (QED) is 0.539. The lowest BCUT2D eigenvalue weighted by Crippen LogP contribution is -2.40. The third-order valence-electron chi connectivity index (χ3n) is 5.27. The molecule has 1 fully saturated rings. The molecule has 162 valence electrons. The molecule has 3 aromatic rings. The van der Waals surface area contributed by atoms with Crippen molar-refractivity contribution in [3.63, 3.8) is 0 Å². The fourth-order valence-electron chi connectivity index (χ4n) is 3.86. The van der Waals surface area contributed by atoms with Crippen molar-refractivity contribution in [2.75, 3.05) is 26.0 Å². The molecule has 0 saturated carbocycles. The lowest BCUT2D eigenvalue weighted by Gasteiger charge is -2.33. The average molecular weight is 442 g/mol. The molecule has 10 heteroatoms. The highest BCUT2D eigenvalue weighted by atomic mass is 32.2. The van der Waals surface area contributed by atoms with Gasteiger partial charge in [0.05, 0.1) is 11.9 Å². The summed E-state index contributed by atoms with van der Waals surface area (Å²) in [6.45, 7) is 4.99. The molecule has 31 heavy (non-hydrogen) atoms. The molecule has 0 spiro atoms. The second-order valence-electron chi connectivity index (χ2n) is 7.47. The third kappa shape index (κ3) is 4.29. The standard InChI is InChI=1S/C21H23N5O4S/c1-3-11-30-17-8-6-15(7-9-17)20(27)25-10-4-5-16(13-25)19-18(31(2,28)29)12-22-21-23-14-24-26(19)21/h3,6-9,12,14,16H,1,4-5,10-11,13H2,2H3/t16-/m1/s1. The minimum atomic E-state index is -3.53. The number of rotatable bonds is 6. The Morgan fingerprint density at radius 1 is 1.29 bits per heavy atom. The first kappa shape index (κ1) is 21.0. The highest BCUT2D eigenvalue weighted by Gasteiger charge is 2.31. The maximum atomic E-state index is 13.1. The van der Waals surface area contributed by atoms with Crippen LogP contribution in [0.25, 0.3) is 5.78 Å². The Morgan fingerprint density at radius 3 is 2.77 bits per heavy atom. The Bertz CT molecular complexity index is 1220. The maximum Gasteiger partial charge on any atom is 0.253 e. The fraction of sp³-hybridized carbons (Fsp3) is 0.333. The molecular weight excluding hydrogens is 418 g/mol. The van der Waals surface area contributed by atoms with E-state index >= 15 is 0 Å². The van der Waals surface area contributed by atoms with Crippen LogP contribution in [0.1, 0.15) is 34.8 Å². The number of amides is 1. The molecule has 1 amide bonds. The summed E-state index contributed by atoms with van der Waals surface area (Å²) in [5.41, 5.74) is 1.08. The van der Waals surface area contributed by atoms with E-state index in [1.54, 1.807) is 35.2 Å². The number of fused-ring (bicyclic) bond motifs is 1. The summed E-state index contributed by atoms with van der Waals surface area (Å²) < 4.78 is 31.8. The lowest BCUT2D eigenvalue weighted by atomic mass is 9.94. The van der Waals surface area contributed by atoms with Crippen LogP contribution in [0, 0.1) is 0 Å².